The average molecular weight is 381 g/mol. The molecule has 4 rings (SSSR count). The second-order valence-electron chi connectivity index (χ2n) is 8.34. The van der Waals surface area contributed by atoms with Crippen LogP contribution in [0.1, 0.15) is 20.8 Å². The average Bonchev–Trinajstić information content (AvgIpc) is 3.14. The third-order valence-corrected chi connectivity index (χ3v) is 5.63. The zero-order valence-electron chi connectivity index (χ0n) is 16.3. The number of fused-ring (bicyclic) bond motifs is 3. The van der Waals surface area contributed by atoms with Crippen molar-refractivity contribution in [1.82, 2.24) is 5.01 Å². The maximum Gasteiger partial charge on any atom is 0.240 e. The van der Waals surface area contributed by atoms with E-state index in [9.17, 15) is 14.4 Å². The molecule has 0 radical (unpaired) electrons. The number of amides is 2. The van der Waals surface area contributed by atoms with Crippen molar-refractivity contribution in [2.75, 3.05) is 12.0 Å². The van der Waals surface area contributed by atoms with Crippen molar-refractivity contribution in [2.24, 2.45) is 22.4 Å². The highest BCUT2D eigenvalue weighted by Crippen LogP contribution is 2.47. The van der Waals surface area contributed by atoms with Gasteiger partial charge in [-0.1, -0.05) is 26.8 Å². The van der Waals surface area contributed by atoms with Gasteiger partial charge >= 0.3 is 0 Å². The Hall–Kier alpha value is -2.96. The fraction of sp³-hybridized carbons (Fsp3) is 0.429. The number of hydrazone groups is 1. The molecule has 1 aromatic carbocycles. The lowest BCUT2D eigenvalue weighted by molar-refractivity contribution is -0.136. The highest BCUT2D eigenvalue weighted by Gasteiger charge is 2.64. The third-order valence-electron chi connectivity index (χ3n) is 5.63. The fourth-order valence-electron chi connectivity index (χ4n) is 4.27. The summed E-state index contributed by atoms with van der Waals surface area (Å²) in [6, 6.07) is 5.63. The van der Waals surface area contributed by atoms with Crippen LogP contribution in [0.2, 0.25) is 0 Å². The van der Waals surface area contributed by atoms with Gasteiger partial charge in [-0.2, -0.15) is 5.10 Å². The van der Waals surface area contributed by atoms with Gasteiger partial charge in [0.05, 0.1) is 30.7 Å². The number of hydrogen-bond acceptors (Lipinski definition) is 6. The maximum absolute atomic E-state index is 13.4. The zero-order chi connectivity index (χ0) is 20.2. The SMILES string of the molecule is COc1ccc(N2C(=O)[C@H]3[C@H](C2=O)[C@@H](C(=O)C(C)(C)C)N2N=CC=C[C@H]32)cc1. The van der Waals surface area contributed by atoms with Crippen molar-refractivity contribution in [3.8, 4) is 5.75 Å². The first-order valence-electron chi connectivity index (χ1n) is 9.31. The molecule has 2 saturated heterocycles. The summed E-state index contributed by atoms with van der Waals surface area (Å²) in [6.45, 7) is 5.47. The molecule has 0 saturated carbocycles. The molecule has 146 valence electrons. The van der Waals surface area contributed by atoms with Gasteiger partial charge < -0.3 is 4.74 Å². The van der Waals surface area contributed by atoms with E-state index in [4.69, 9.17) is 4.74 Å². The first-order chi connectivity index (χ1) is 13.3. The van der Waals surface area contributed by atoms with Crippen LogP contribution < -0.4 is 9.64 Å². The number of rotatable bonds is 3. The predicted molar refractivity (Wildman–Crippen MR) is 104 cm³/mol. The number of hydrogen-bond donors (Lipinski definition) is 0. The minimum Gasteiger partial charge on any atom is -0.497 e. The molecule has 0 aromatic heterocycles. The lowest BCUT2D eigenvalue weighted by Gasteiger charge is -2.33. The van der Waals surface area contributed by atoms with Crippen molar-refractivity contribution in [3.05, 3.63) is 36.4 Å². The number of benzene rings is 1. The van der Waals surface area contributed by atoms with Crippen molar-refractivity contribution < 1.29 is 19.1 Å². The fourth-order valence-corrected chi connectivity index (χ4v) is 4.27. The van der Waals surface area contributed by atoms with E-state index < -0.39 is 29.3 Å². The van der Waals surface area contributed by atoms with Gasteiger partial charge in [-0.05, 0) is 30.3 Å². The summed E-state index contributed by atoms with van der Waals surface area (Å²) in [5.41, 5.74) is -0.167. The number of carbonyl (C=O) groups is 3. The van der Waals surface area contributed by atoms with Crippen molar-refractivity contribution in [3.63, 3.8) is 0 Å². The smallest absolute Gasteiger partial charge is 0.240 e. The number of carbonyl (C=O) groups excluding carboxylic acids is 3. The Morgan fingerprint density at radius 3 is 2.32 bits per heavy atom. The Labute approximate surface area is 163 Å². The highest BCUT2D eigenvalue weighted by atomic mass is 16.5. The number of methoxy groups -OCH3 is 1. The van der Waals surface area contributed by atoms with Crippen LogP contribution in [0.5, 0.6) is 5.75 Å². The Kier molecular flexibility index (Phi) is 4.14. The lowest BCUT2D eigenvalue weighted by atomic mass is 9.80. The molecule has 3 heterocycles. The Bertz CT molecular complexity index is 897. The Morgan fingerprint density at radius 1 is 1.07 bits per heavy atom. The van der Waals surface area contributed by atoms with Gasteiger partial charge in [-0.3, -0.25) is 19.4 Å². The molecule has 7 heteroatoms. The maximum atomic E-state index is 13.4. The minimum atomic E-state index is -0.754. The van der Waals surface area contributed by atoms with Gasteiger partial charge in [0.15, 0.2) is 5.78 Å². The number of ketones is 1. The van der Waals surface area contributed by atoms with Crippen LogP contribution in [-0.2, 0) is 14.4 Å². The van der Waals surface area contributed by atoms with Crippen molar-refractivity contribution >= 4 is 29.5 Å². The second-order valence-corrected chi connectivity index (χ2v) is 8.34. The van der Waals surface area contributed by atoms with Gasteiger partial charge in [0, 0.05) is 11.6 Å². The summed E-state index contributed by atoms with van der Waals surface area (Å²) in [5.74, 6) is -1.46. The number of nitrogens with zero attached hydrogens (tertiary/aromatic N) is 3. The molecule has 4 atom stereocenters. The molecule has 0 unspecified atom stereocenters. The quantitative estimate of drug-likeness (QED) is 0.749. The van der Waals surface area contributed by atoms with Crippen LogP contribution in [0.4, 0.5) is 5.69 Å². The highest BCUT2D eigenvalue weighted by molar-refractivity contribution is 6.24. The van der Waals surface area contributed by atoms with Crippen LogP contribution in [0.15, 0.2) is 41.5 Å². The normalized spacial score (nSPS) is 28.6. The second kappa shape index (κ2) is 6.29. The molecule has 0 aliphatic carbocycles. The summed E-state index contributed by atoms with van der Waals surface area (Å²) in [5, 5.41) is 5.98. The number of anilines is 1. The molecular weight excluding hydrogens is 358 g/mol. The monoisotopic (exact) mass is 381 g/mol. The molecule has 0 spiro atoms. The summed E-state index contributed by atoms with van der Waals surface area (Å²) < 4.78 is 5.15. The van der Waals surface area contributed by atoms with Crippen molar-refractivity contribution in [1.29, 1.82) is 0 Å². The third kappa shape index (κ3) is 2.57. The molecular formula is C21H23N3O4. The lowest BCUT2D eigenvalue weighted by Crippen LogP contribution is -2.49. The van der Waals surface area contributed by atoms with Crippen LogP contribution >= 0.6 is 0 Å². The molecule has 0 bridgehead atoms. The summed E-state index contributed by atoms with van der Waals surface area (Å²) in [4.78, 5) is 41.0. The largest absolute Gasteiger partial charge is 0.497 e. The molecule has 1 aromatic rings. The first kappa shape index (κ1) is 18.4. The van der Waals surface area contributed by atoms with Crippen LogP contribution in [0.25, 0.3) is 0 Å². The van der Waals surface area contributed by atoms with E-state index in [0.29, 0.717) is 11.4 Å². The topological polar surface area (TPSA) is 79.3 Å². The van der Waals surface area contributed by atoms with Crippen LogP contribution in [0.3, 0.4) is 0 Å². The van der Waals surface area contributed by atoms with E-state index in [2.05, 4.69) is 5.10 Å². The summed E-state index contributed by atoms with van der Waals surface area (Å²) in [6.07, 6.45) is 5.20. The molecule has 2 fully saturated rings. The van der Waals surface area contributed by atoms with Gasteiger partial charge in [-0.25, -0.2) is 4.90 Å². The number of ether oxygens (including phenoxy) is 1. The van der Waals surface area contributed by atoms with E-state index in [0.717, 1.165) is 0 Å². The van der Waals surface area contributed by atoms with Crippen LogP contribution in [0, 0.1) is 17.3 Å². The van der Waals surface area contributed by atoms with E-state index in [1.165, 1.54) is 4.90 Å². The number of Topliss-reactive ketones (excluding diaryl/α,β-unsaturated/α-hetero) is 1. The molecule has 2 amide bonds. The van der Waals surface area contributed by atoms with E-state index >= 15 is 0 Å². The zero-order valence-corrected chi connectivity index (χ0v) is 16.3. The van der Waals surface area contributed by atoms with Gasteiger partial charge in [0.25, 0.3) is 0 Å². The molecule has 7 nitrogen and oxygen atoms in total. The molecule has 3 aliphatic heterocycles. The molecule has 3 aliphatic rings. The molecule has 0 N–H and O–H groups in total. The first-order valence-corrected chi connectivity index (χ1v) is 9.31. The van der Waals surface area contributed by atoms with Gasteiger partial charge in [0.2, 0.25) is 11.8 Å². The Balaban J connectivity index is 1.76. The van der Waals surface area contributed by atoms with E-state index in [-0.39, 0.29) is 17.6 Å². The number of imide groups is 1. The van der Waals surface area contributed by atoms with Crippen LogP contribution in [-0.4, -0.2) is 48.0 Å². The standard InChI is InChI=1S/C21H23N3O4/c1-21(2,3)18(25)17-16-15(14-6-5-11-22-24(14)17)19(26)23(20(16)27)12-7-9-13(28-4)10-8-12/h5-11,14-17H,1-4H3/t14-,15-,16+,17+/m1/s1. The molecule has 28 heavy (non-hydrogen) atoms. The van der Waals surface area contributed by atoms with Gasteiger partial charge in [0.1, 0.15) is 11.8 Å². The Morgan fingerprint density at radius 2 is 1.71 bits per heavy atom. The minimum absolute atomic E-state index is 0.0878. The van der Waals surface area contributed by atoms with E-state index in [1.54, 1.807) is 48.7 Å². The summed E-state index contributed by atoms with van der Waals surface area (Å²) in [7, 11) is 1.55. The number of allylic oxidation sites excluding steroid dienone is 1. The van der Waals surface area contributed by atoms with Gasteiger partial charge in [-0.15, -0.1) is 0 Å². The van der Waals surface area contributed by atoms with Crippen molar-refractivity contribution in [2.45, 2.75) is 32.9 Å². The summed E-state index contributed by atoms with van der Waals surface area (Å²) >= 11 is 0. The predicted octanol–water partition coefficient (Wildman–Crippen LogP) is 2.02. The van der Waals surface area contributed by atoms with E-state index in [1.807, 2.05) is 26.8 Å².